The van der Waals surface area contributed by atoms with Crippen molar-refractivity contribution < 1.29 is 4.39 Å². The molecule has 1 atom stereocenters. The number of fused-ring (bicyclic) bond motifs is 1. The van der Waals surface area contributed by atoms with Gasteiger partial charge in [-0.3, -0.25) is 9.97 Å². The van der Waals surface area contributed by atoms with E-state index in [-0.39, 0.29) is 11.9 Å². The smallest absolute Gasteiger partial charge is 0.127 e. The van der Waals surface area contributed by atoms with E-state index < -0.39 is 0 Å². The molecule has 0 amide bonds. The van der Waals surface area contributed by atoms with Crippen LogP contribution in [0.4, 0.5) is 4.39 Å². The minimum atomic E-state index is -0.356. The fourth-order valence-electron chi connectivity index (χ4n) is 2.28. The van der Waals surface area contributed by atoms with Gasteiger partial charge >= 0.3 is 0 Å². The van der Waals surface area contributed by atoms with Crippen LogP contribution in [-0.4, -0.2) is 9.97 Å². The highest BCUT2D eigenvalue weighted by Gasteiger charge is 2.14. The summed E-state index contributed by atoms with van der Waals surface area (Å²) in [5, 5.41) is 0.394. The summed E-state index contributed by atoms with van der Waals surface area (Å²) in [6, 6.07) is 9.90. The Morgan fingerprint density at radius 2 is 1.86 bits per heavy atom. The molecule has 0 aliphatic heterocycles. The van der Waals surface area contributed by atoms with Crippen molar-refractivity contribution in [2.24, 2.45) is 5.73 Å². The first-order valence-corrected chi connectivity index (χ1v) is 6.92. The number of nitrogens with zero attached hydrogens (tertiary/aromatic N) is 2. The van der Waals surface area contributed by atoms with Crippen LogP contribution in [0.25, 0.3) is 11.0 Å². The lowest BCUT2D eigenvalue weighted by Crippen LogP contribution is -2.14. The van der Waals surface area contributed by atoms with Crippen LogP contribution in [0.2, 0.25) is 5.02 Å². The Bertz CT molecular complexity index is 771. The molecule has 0 fully saturated rings. The van der Waals surface area contributed by atoms with E-state index in [2.05, 4.69) is 9.97 Å². The summed E-state index contributed by atoms with van der Waals surface area (Å²) in [5.74, 6) is -0.335. The van der Waals surface area contributed by atoms with Gasteiger partial charge in [-0.15, -0.1) is 0 Å². The van der Waals surface area contributed by atoms with Gasteiger partial charge in [0.05, 0.1) is 11.0 Å². The number of aromatic nitrogens is 2. The summed E-state index contributed by atoms with van der Waals surface area (Å²) in [6.45, 7) is 0. The third-order valence-electron chi connectivity index (χ3n) is 3.41. The molecule has 3 nitrogen and oxygen atoms in total. The number of nitrogens with two attached hydrogens (primary N) is 1. The van der Waals surface area contributed by atoms with Crippen molar-refractivity contribution in [1.29, 1.82) is 0 Å². The van der Waals surface area contributed by atoms with Crippen molar-refractivity contribution in [3.05, 3.63) is 70.8 Å². The molecule has 3 rings (SSSR count). The molecule has 1 aromatic heterocycles. The standard InChI is InChI=1S/C16H13ClFN3/c17-12-2-1-3-13(18)11(12)9-14(19)10-4-5-15-16(8-10)21-7-6-20-15/h1-8,14H,9,19H2. The molecule has 0 saturated carbocycles. The summed E-state index contributed by atoms with van der Waals surface area (Å²) in [5.41, 5.74) is 9.07. The second-order valence-electron chi connectivity index (χ2n) is 4.82. The lowest BCUT2D eigenvalue weighted by atomic mass is 9.99. The van der Waals surface area contributed by atoms with Gasteiger partial charge in [-0.1, -0.05) is 23.7 Å². The van der Waals surface area contributed by atoms with Crippen LogP contribution in [0.15, 0.2) is 48.8 Å². The maximum atomic E-state index is 13.8. The van der Waals surface area contributed by atoms with E-state index >= 15 is 0 Å². The molecule has 0 spiro atoms. The number of rotatable bonds is 3. The van der Waals surface area contributed by atoms with Gasteiger partial charge in [0, 0.05) is 29.0 Å². The first-order valence-electron chi connectivity index (χ1n) is 6.54. The van der Waals surface area contributed by atoms with Gasteiger partial charge in [-0.25, -0.2) is 4.39 Å². The predicted molar refractivity (Wildman–Crippen MR) is 81.6 cm³/mol. The summed E-state index contributed by atoms with van der Waals surface area (Å²) < 4.78 is 13.8. The molecule has 2 N–H and O–H groups in total. The highest BCUT2D eigenvalue weighted by atomic mass is 35.5. The largest absolute Gasteiger partial charge is 0.324 e. The van der Waals surface area contributed by atoms with Gasteiger partial charge in [-0.2, -0.15) is 0 Å². The molecule has 0 radical (unpaired) electrons. The lowest BCUT2D eigenvalue weighted by molar-refractivity contribution is 0.593. The molecule has 21 heavy (non-hydrogen) atoms. The number of hydrogen-bond acceptors (Lipinski definition) is 3. The van der Waals surface area contributed by atoms with Gasteiger partial charge in [0.25, 0.3) is 0 Å². The van der Waals surface area contributed by atoms with Crippen LogP contribution in [0.5, 0.6) is 0 Å². The average molecular weight is 302 g/mol. The molecule has 0 aliphatic carbocycles. The Labute approximate surface area is 126 Å². The maximum absolute atomic E-state index is 13.8. The first-order chi connectivity index (χ1) is 10.1. The van der Waals surface area contributed by atoms with Gasteiger partial charge in [0.15, 0.2) is 0 Å². The molecule has 1 unspecified atom stereocenters. The summed E-state index contributed by atoms with van der Waals surface area (Å²) in [7, 11) is 0. The van der Waals surface area contributed by atoms with E-state index in [0.29, 0.717) is 17.0 Å². The average Bonchev–Trinajstić information content (AvgIpc) is 2.50. The molecule has 5 heteroatoms. The van der Waals surface area contributed by atoms with E-state index in [1.807, 2.05) is 18.2 Å². The maximum Gasteiger partial charge on any atom is 0.127 e. The minimum Gasteiger partial charge on any atom is -0.324 e. The van der Waals surface area contributed by atoms with E-state index in [1.54, 1.807) is 24.5 Å². The van der Waals surface area contributed by atoms with Crippen LogP contribution in [0.1, 0.15) is 17.2 Å². The molecule has 106 valence electrons. The number of halogens is 2. The van der Waals surface area contributed by atoms with Crippen molar-refractivity contribution >= 4 is 22.6 Å². The Hall–Kier alpha value is -2.04. The molecular formula is C16H13ClFN3. The zero-order valence-electron chi connectivity index (χ0n) is 11.1. The van der Waals surface area contributed by atoms with E-state index in [0.717, 1.165) is 16.6 Å². The van der Waals surface area contributed by atoms with Gasteiger partial charge in [0.2, 0.25) is 0 Å². The third kappa shape index (κ3) is 2.86. The fourth-order valence-corrected chi connectivity index (χ4v) is 2.52. The van der Waals surface area contributed by atoms with E-state index in [9.17, 15) is 4.39 Å². The second-order valence-corrected chi connectivity index (χ2v) is 5.22. The summed E-state index contributed by atoms with van der Waals surface area (Å²) >= 11 is 6.04. The Balaban J connectivity index is 1.91. The molecule has 2 aromatic carbocycles. The molecule has 1 heterocycles. The predicted octanol–water partition coefficient (Wildman–Crippen LogP) is 3.66. The Morgan fingerprint density at radius 3 is 2.62 bits per heavy atom. The molecule has 0 aliphatic rings. The molecule has 0 bridgehead atoms. The highest BCUT2D eigenvalue weighted by Crippen LogP contribution is 2.25. The van der Waals surface area contributed by atoms with Crippen LogP contribution >= 0.6 is 11.6 Å². The normalized spacial score (nSPS) is 12.5. The number of hydrogen-bond donors (Lipinski definition) is 1. The van der Waals surface area contributed by atoms with Crippen LogP contribution in [-0.2, 0) is 6.42 Å². The summed E-state index contributed by atoms with van der Waals surface area (Å²) in [4.78, 5) is 8.46. The zero-order chi connectivity index (χ0) is 14.8. The Morgan fingerprint density at radius 1 is 1.10 bits per heavy atom. The lowest BCUT2D eigenvalue weighted by Gasteiger charge is -2.14. The van der Waals surface area contributed by atoms with Gasteiger partial charge in [-0.05, 0) is 36.2 Å². The number of benzene rings is 2. The van der Waals surface area contributed by atoms with Crippen LogP contribution in [0.3, 0.4) is 0 Å². The van der Waals surface area contributed by atoms with E-state index in [4.69, 9.17) is 17.3 Å². The van der Waals surface area contributed by atoms with Crippen molar-refractivity contribution in [1.82, 2.24) is 9.97 Å². The topological polar surface area (TPSA) is 51.8 Å². The Kier molecular flexibility index (Phi) is 3.82. The summed E-state index contributed by atoms with van der Waals surface area (Å²) in [6.07, 6.45) is 3.60. The zero-order valence-corrected chi connectivity index (χ0v) is 11.9. The van der Waals surface area contributed by atoms with Crippen LogP contribution in [0, 0.1) is 5.82 Å². The first kappa shape index (κ1) is 13.9. The highest BCUT2D eigenvalue weighted by molar-refractivity contribution is 6.31. The third-order valence-corrected chi connectivity index (χ3v) is 3.76. The SMILES string of the molecule is NC(Cc1c(F)cccc1Cl)c1ccc2nccnc2c1. The van der Waals surface area contributed by atoms with Crippen molar-refractivity contribution in [2.75, 3.05) is 0 Å². The van der Waals surface area contributed by atoms with Crippen molar-refractivity contribution in [3.8, 4) is 0 Å². The monoisotopic (exact) mass is 301 g/mol. The van der Waals surface area contributed by atoms with Crippen LogP contribution < -0.4 is 5.73 Å². The van der Waals surface area contributed by atoms with Crippen molar-refractivity contribution in [3.63, 3.8) is 0 Å². The quantitative estimate of drug-likeness (QED) is 0.803. The molecule has 0 saturated heterocycles. The van der Waals surface area contributed by atoms with Crippen molar-refractivity contribution in [2.45, 2.75) is 12.5 Å². The second kappa shape index (κ2) is 5.76. The minimum absolute atomic E-state index is 0.331. The van der Waals surface area contributed by atoms with E-state index in [1.165, 1.54) is 6.07 Å². The van der Waals surface area contributed by atoms with Gasteiger partial charge < -0.3 is 5.73 Å². The fraction of sp³-hybridized carbons (Fsp3) is 0.125. The van der Waals surface area contributed by atoms with Gasteiger partial charge in [0.1, 0.15) is 5.82 Å². The molecular weight excluding hydrogens is 289 g/mol. The molecule has 3 aromatic rings.